The lowest BCUT2D eigenvalue weighted by Crippen LogP contribution is -2.39. The van der Waals surface area contributed by atoms with E-state index in [9.17, 15) is 9.90 Å². The van der Waals surface area contributed by atoms with Crippen molar-refractivity contribution in [1.29, 1.82) is 0 Å². The van der Waals surface area contributed by atoms with Gasteiger partial charge in [0.05, 0.1) is 13.1 Å². The van der Waals surface area contributed by atoms with Crippen LogP contribution in [-0.2, 0) is 11.3 Å². The number of nitrogens with zero attached hydrogens (tertiary/aromatic N) is 1. The highest BCUT2D eigenvalue weighted by Gasteiger charge is 2.19. The van der Waals surface area contributed by atoms with Crippen molar-refractivity contribution in [3.8, 4) is 0 Å². The second-order valence-electron chi connectivity index (χ2n) is 4.82. The molecule has 0 saturated carbocycles. The molecular weight excluding hydrogens is 284 g/mol. The first kappa shape index (κ1) is 15.7. The second-order valence-corrected chi connectivity index (χ2v) is 5.80. The van der Waals surface area contributed by atoms with E-state index in [2.05, 4.69) is 5.32 Å². The molecule has 112 valence electrons. The first-order chi connectivity index (χ1) is 10.2. The molecule has 1 atom stereocenters. The number of benzene rings is 1. The van der Waals surface area contributed by atoms with Gasteiger partial charge < -0.3 is 15.3 Å². The molecule has 1 aromatic carbocycles. The van der Waals surface area contributed by atoms with Gasteiger partial charge in [-0.1, -0.05) is 36.4 Å². The van der Waals surface area contributed by atoms with Gasteiger partial charge in [-0.3, -0.25) is 4.79 Å². The fourth-order valence-corrected chi connectivity index (χ4v) is 2.80. The summed E-state index contributed by atoms with van der Waals surface area (Å²) >= 11 is 1.50. The number of hydrogen-bond acceptors (Lipinski definition) is 4. The minimum Gasteiger partial charge on any atom is -0.386 e. The van der Waals surface area contributed by atoms with E-state index >= 15 is 0 Å². The quantitative estimate of drug-likeness (QED) is 0.823. The van der Waals surface area contributed by atoms with Gasteiger partial charge in [-0.25, -0.2) is 0 Å². The highest BCUT2D eigenvalue weighted by atomic mass is 32.1. The molecule has 0 aliphatic rings. The van der Waals surface area contributed by atoms with Crippen molar-refractivity contribution >= 4 is 17.2 Å². The molecule has 0 aliphatic heterocycles. The van der Waals surface area contributed by atoms with E-state index in [4.69, 9.17) is 0 Å². The number of rotatable bonds is 7. The number of carbonyl (C=O) groups excluding carboxylic acids is 1. The number of amides is 1. The van der Waals surface area contributed by atoms with Crippen LogP contribution in [-0.4, -0.2) is 36.1 Å². The Morgan fingerprint density at radius 3 is 2.67 bits per heavy atom. The minimum atomic E-state index is -0.644. The van der Waals surface area contributed by atoms with Crippen molar-refractivity contribution in [2.45, 2.75) is 12.6 Å². The van der Waals surface area contributed by atoms with Gasteiger partial charge >= 0.3 is 0 Å². The lowest BCUT2D eigenvalue weighted by molar-refractivity contribution is -0.132. The highest BCUT2D eigenvalue weighted by Crippen LogP contribution is 2.20. The van der Waals surface area contributed by atoms with Crippen LogP contribution >= 0.6 is 11.3 Å². The van der Waals surface area contributed by atoms with E-state index in [1.54, 1.807) is 11.9 Å². The molecule has 1 unspecified atom stereocenters. The first-order valence-corrected chi connectivity index (χ1v) is 7.76. The van der Waals surface area contributed by atoms with Crippen molar-refractivity contribution in [3.05, 3.63) is 58.3 Å². The third kappa shape index (κ3) is 4.67. The molecule has 2 aromatic rings. The Morgan fingerprint density at radius 2 is 2.05 bits per heavy atom. The Hall–Kier alpha value is -1.69. The summed E-state index contributed by atoms with van der Waals surface area (Å²) in [6.07, 6.45) is -0.644. The molecule has 0 saturated heterocycles. The van der Waals surface area contributed by atoms with Crippen molar-refractivity contribution in [1.82, 2.24) is 10.2 Å². The van der Waals surface area contributed by atoms with E-state index in [1.165, 1.54) is 11.3 Å². The van der Waals surface area contributed by atoms with Crippen LogP contribution in [0.25, 0.3) is 0 Å². The van der Waals surface area contributed by atoms with E-state index in [1.807, 2.05) is 47.8 Å². The van der Waals surface area contributed by atoms with Crippen LogP contribution in [0.2, 0.25) is 0 Å². The van der Waals surface area contributed by atoms with E-state index < -0.39 is 6.10 Å². The van der Waals surface area contributed by atoms with Crippen molar-refractivity contribution in [2.75, 3.05) is 20.1 Å². The van der Waals surface area contributed by atoms with E-state index in [0.717, 1.165) is 10.4 Å². The molecule has 1 heterocycles. The molecule has 2 N–H and O–H groups in total. The summed E-state index contributed by atoms with van der Waals surface area (Å²) in [6.45, 7) is 1.07. The molecule has 2 rings (SSSR count). The maximum Gasteiger partial charge on any atom is 0.236 e. The van der Waals surface area contributed by atoms with Crippen molar-refractivity contribution in [2.24, 2.45) is 0 Å². The molecular formula is C16H20N2O2S. The topological polar surface area (TPSA) is 52.6 Å². The Morgan fingerprint density at radius 1 is 1.29 bits per heavy atom. The van der Waals surface area contributed by atoms with Gasteiger partial charge in [0.2, 0.25) is 5.91 Å². The molecule has 0 spiro atoms. The van der Waals surface area contributed by atoms with Gasteiger partial charge in [0, 0.05) is 11.4 Å². The molecule has 1 amide bonds. The second kappa shape index (κ2) is 7.93. The number of nitrogens with one attached hydrogen (secondary N) is 1. The van der Waals surface area contributed by atoms with Gasteiger partial charge in [0.15, 0.2) is 0 Å². The minimum absolute atomic E-state index is 0.0167. The van der Waals surface area contributed by atoms with Crippen LogP contribution in [0.5, 0.6) is 0 Å². The van der Waals surface area contributed by atoms with Gasteiger partial charge in [-0.15, -0.1) is 11.3 Å². The van der Waals surface area contributed by atoms with E-state index in [-0.39, 0.29) is 12.5 Å². The van der Waals surface area contributed by atoms with Crippen LogP contribution in [0, 0.1) is 0 Å². The van der Waals surface area contributed by atoms with Crippen LogP contribution < -0.4 is 5.32 Å². The fraction of sp³-hybridized carbons (Fsp3) is 0.312. The lowest BCUT2D eigenvalue weighted by Gasteiger charge is -2.25. The summed E-state index contributed by atoms with van der Waals surface area (Å²) in [5.41, 5.74) is 1.06. The van der Waals surface area contributed by atoms with Crippen molar-refractivity contribution < 1.29 is 9.90 Å². The summed E-state index contributed by atoms with van der Waals surface area (Å²) in [6, 6.07) is 13.6. The summed E-state index contributed by atoms with van der Waals surface area (Å²) in [7, 11) is 1.74. The van der Waals surface area contributed by atoms with Gasteiger partial charge in [0.25, 0.3) is 0 Å². The Kier molecular flexibility index (Phi) is 5.92. The Labute approximate surface area is 129 Å². The maximum absolute atomic E-state index is 12.2. The Bertz CT molecular complexity index is 543. The zero-order chi connectivity index (χ0) is 15.1. The Balaban J connectivity index is 2.06. The number of likely N-dealkylation sites (N-methyl/N-ethyl adjacent to an activating group) is 1. The van der Waals surface area contributed by atoms with Crippen molar-refractivity contribution in [3.63, 3.8) is 0 Å². The van der Waals surface area contributed by atoms with Gasteiger partial charge in [0.1, 0.15) is 6.10 Å². The summed E-state index contributed by atoms with van der Waals surface area (Å²) in [5, 5.41) is 15.1. The number of thiophene rings is 1. The predicted molar refractivity (Wildman–Crippen MR) is 85.1 cm³/mol. The zero-order valence-electron chi connectivity index (χ0n) is 12.0. The normalized spacial score (nSPS) is 12.1. The number of aliphatic hydroxyl groups is 1. The summed E-state index contributed by atoms with van der Waals surface area (Å²) in [5.74, 6) is -0.0167. The average Bonchev–Trinajstić information content (AvgIpc) is 3.02. The molecule has 0 fully saturated rings. The van der Waals surface area contributed by atoms with Crippen LogP contribution in [0.4, 0.5) is 0 Å². The third-order valence-electron chi connectivity index (χ3n) is 3.16. The largest absolute Gasteiger partial charge is 0.386 e. The number of carbonyl (C=O) groups is 1. The average molecular weight is 304 g/mol. The smallest absolute Gasteiger partial charge is 0.236 e. The summed E-state index contributed by atoms with van der Waals surface area (Å²) in [4.78, 5) is 14.8. The predicted octanol–water partition coefficient (Wildman–Crippen LogP) is 2.03. The maximum atomic E-state index is 12.2. The number of aliphatic hydroxyl groups excluding tert-OH is 1. The fourth-order valence-electron chi connectivity index (χ4n) is 2.10. The van der Waals surface area contributed by atoms with Crippen LogP contribution in [0.15, 0.2) is 47.8 Å². The molecule has 0 aliphatic carbocycles. The third-order valence-corrected chi connectivity index (χ3v) is 4.14. The number of hydrogen-bond donors (Lipinski definition) is 2. The molecule has 0 radical (unpaired) electrons. The molecule has 4 nitrogen and oxygen atoms in total. The zero-order valence-corrected chi connectivity index (χ0v) is 12.8. The lowest BCUT2D eigenvalue weighted by atomic mass is 10.2. The monoisotopic (exact) mass is 304 g/mol. The molecule has 21 heavy (non-hydrogen) atoms. The van der Waals surface area contributed by atoms with Gasteiger partial charge in [-0.05, 0) is 24.1 Å². The molecule has 1 aromatic heterocycles. The SMILES string of the molecule is CNCC(=O)N(Cc1ccccc1)CC(O)c1cccs1. The summed E-state index contributed by atoms with van der Waals surface area (Å²) < 4.78 is 0. The van der Waals surface area contributed by atoms with E-state index in [0.29, 0.717) is 13.1 Å². The van der Waals surface area contributed by atoms with Crippen LogP contribution in [0.3, 0.4) is 0 Å². The van der Waals surface area contributed by atoms with Gasteiger partial charge in [-0.2, -0.15) is 0 Å². The molecule has 0 bridgehead atoms. The standard InChI is InChI=1S/C16H20N2O2S/c1-17-10-16(20)18(11-13-6-3-2-4-7-13)12-14(19)15-8-5-9-21-15/h2-9,14,17,19H,10-12H2,1H3. The highest BCUT2D eigenvalue weighted by molar-refractivity contribution is 7.10. The van der Waals surface area contributed by atoms with Crippen LogP contribution in [0.1, 0.15) is 16.5 Å². The molecule has 5 heteroatoms. The first-order valence-electron chi connectivity index (χ1n) is 6.88.